The van der Waals surface area contributed by atoms with Crippen molar-refractivity contribution >= 4 is 11.8 Å². The van der Waals surface area contributed by atoms with Gasteiger partial charge in [-0.1, -0.05) is 18.2 Å². The number of hydrogen-bond donors (Lipinski definition) is 0. The van der Waals surface area contributed by atoms with Crippen LogP contribution in [0.2, 0.25) is 0 Å². The topological polar surface area (TPSA) is 39.8 Å². The van der Waals surface area contributed by atoms with Crippen LogP contribution in [0.15, 0.2) is 46.1 Å². The summed E-state index contributed by atoms with van der Waals surface area (Å²) in [7, 11) is 1.63. The highest BCUT2D eigenvalue weighted by Crippen LogP contribution is 2.27. The number of benzene rings is 1. The van der Waals surface area contributed by atoms with Crippen molar-refractivity contribution in [3.05, 3.63) is 46.9 Å². The maximum absolute atomic E-state index is 12.1. The lowest BCUT2D eigenvalue weighted by Crippen LogP contribution is -2.23. The molecule has 4 nitrogen and oxygen atoms in total. The van der Waals surface area contributed by atoms with Crippen LogP contribution in [-0.2, 0) is 13.6 Å². The van der Waals surface area contributed by atoms with Crippen LogP contribution in [0.3, 0.4) is 0 Å². The Bertz CT molecular complexity index is 717. The van der Waals surface area contributed by atoms with E-state index in [-0.39, 0.29) is 18.7 Å². The quantitative estimate of drug-likeness (QED) is 0.796. The van der Waals surface area contributed by atoms with Crippen LogP contribution in [0.25, 0.3) is 11.4 Å². The van der Waals surface area contributed by atoms with Gasteiger partial charge in [-0.05, 0) is 24.8 Å². The van der Waals surface area contributed by atoms with Gasteiger partial charge >= 0.3 is 5.69 Å². The number of rotatable bonds is 5. The average molecular weight is 311 g/mol. The summed E-state index contributed by atoms with van der Waals surface area (Å²) in [6.45, 7) is 0.130. The summed E-state index contributed by atoms with van der Waals surface area (Å²) in [6, 6.07) is 7.63. The van der Waals surface area contributed by atoms with Gasteiger partial charge in [0.25, 0.3) is 6.08 Å². The second-order valence-corrected chi connectivity index (χ2v) is 5.22. The highest BCUT2D eigenvalue weighted by molar-refractivity contribution is 7.98. The molecule has 2 aromatic rings. The smallest absolute Gasteiger partial charge is 0.278 e. The third-order valence-corrected chi connectivity index (χ3v) is 3.82. The molecule has 0 N–H and O–H groups in total. The van der Waals surface area contributed by atoms with Crippen LogP contribution in [0.1, 0.15) is 6.42 Å². The standard InChI is InChI=1S/C14H15F2N3OS/c1-18-13(10-6-3-4-7-11(10)21-2)17-19(14(18)20)9-5-8-12(15)16/h3-4,6-8H,5,9H2,1-2H3. The van der Waals surface area contributed by atoms with Crippen LogP contribution in [0.4, 0.5) is 8.78 Å². The highest BCUT2D eigenvalue weighted by atomic mass is 32.2. The van der Waals surface area contributed by atoms with Crippen molar-refractivity contribution in [1.82, 2.24) is 14.3 Å². The normalized spacial score (nSPS) is 10.7. The lowest BCUT2D eigenvalue weighted by atomic mass is 10.2. The molecule has 0 bridgehead atoms. The Hall–Kier alpha value is -1.89. The predicted octanol–water partition coefficient (Wildman–Crippen LogP) is 3.14. The first-order valence-electron chi connectivity index (χ1n) is 6.33. The van der Waals surface area contributed by atoms with Crippen LogP contribution < -0.4 is 5.69 Å². The zero-order valence-corrected chi connectivity index (χ0v) is 12.5. The number of thioether (sulfide) groups is 1. The fraction of sp³-hybridized carbons (Fsp3) is 0.286. The molecule has 0 aliphatic heterocycles. The molecule has 21 heavy (non-hydrogen) atoms. The van der Waals surface area contributed by atoms with E-state index in [0.717, 1.165) is 16.5 Å². The second-order valence-electron chi connectivity index (χ2n) is 4.37. The molecule has 2 rings (SSSR count). The first-order valence-corrected chi connectivity index (χ1v) is 7.55. The zero-order chi connectivity index (χ0) is 15.4. The van der Waals surface area contributed by atoms with E-state index in [0.29, 0.717) is 5.82 Å². The minimum Gasteiger partial charge on any atom is -0.278 e. The van der Waals surface area contributed by atoms with Crippen LogP contribution in [-0.4, -0.2) is 20.6 Å². The number of aryl methyl sites for hydroxylation is 1. The number of nitrogens with zero attached hydrogens (tertiary/aromatic N) is 3. The summed E-state index contributed by atoms with van der Waals surface area (Å²) in [4.78, 5) is 13.1. The lowest BCUT2D eigenvalue weighted by molar-refractivity contribution is 0.415. The summed E-state index contributed by atoms with van der Waals surface area (Å²) < 4.78 is 26.7. The van der Waals surface area contributed by atoms with Gasteiger partial charge in [-0.2, -0.15) is 8.78 Å². The van der Waals surface area contributed by atoms with Crippen LogP contribution in [0.5, 0.6) is 0 Å². The molecule has 7 heteroatoms. The van der Waals surface area contributed by atoms with E-state index in [2.05, 4.69) is 5.10 Å². The summed E-state index contributed by atoms with van der Waals surface area (Å²) >= 11 is 1.56. The molecule has 112 valence electrons. The van der Waals surface area contributed by atoms with E-state index in [4.69, 9.17) is 0 Å². The Morgan fingerprint density at radius 1 is 1.38 bits per heavy atom. The van der Waals surface area contributed by atoms with Crippen molar-refractivity contribution in [2.24, 2.45) is 7.05 Å². The monoisotopic (exact) mass is 311 g/mol. The van der Waals surface area contributed by atoms with Gasteiger partial charge in [-0.25, -0.2) is 9.48 Å². The highest BCUT2D eigenvalue weighted by Gasteiger charge is 2.14. The summed E-state index contributed by atoms with van der Waals surface area (Å²) in [6.07, 6.45) is 1.06. The van der Waals surface area contributed by atoms with Crippen LogP contribution >= 0.6 is 11.8 Å². The van der Waals surface area contributed by atoms with Gasteiger partial charge in [0.05, 0.1) is 6.54 Å². The Kier molecular flexibility index (Phi) is 4.95. The van der Waals surface area contributed by atoms with Gasteiger partial charge in [0.1, 0.15) is 0 Å². The Balaban J connectivity index is 2.38. The molecule has 1 aromatic carbocycles. The van der Waals surface area contributed by atoms with Gasteiger partial charge < -0.3 is 0 Å². The Morgan fingerprint density at radius 2 is 2.10 bits per heavy atom. The molecule has 0 amide bonds. The molecule has 0 atom stereocenters. The van der Waals surface area contributed by atoms with Crippen molar-refractivity contribution < 1.29 is 8.78 Å². The molecule has 0 aliphatic carbocycles. The van der Waals surface area contributed by atoms with Crippen molar-refractivity contribution in [2.45, 2.75) is 17.9 Å². The minimum atomic E-state index is -1.74. The average Bonchev–Trinajstić information content (AvgIpc) is 2.75. The van der Waals surface area contributed by atoms with Crippen molar-refractivity contribution in [3.8, 4) is 11.4 Å². The Morgan fingerprint density at radius 3 is 2.76 bits per heavy atom. The SMILES string of the molecule is CSc1ccccc1-c1nn(CCC=C(F)F)c(=O)n1C. The molecule has 0 aliphatic rings. The number of allylic oxidation sites excluding steroid dienone is 1. The molecular formula is C14H15F2N3OS. The van der Waals surface area contributed by atoms with Crippen molar-refractivity contribution in [3.63, 3.8) is 0 Å². The molecule has 0 fully saturated rings. The minimum absolute atomic E-state index is 0.0723. The fourth-order valence-corrected chi connectivity index (χ4v) is 2.59. The van der Waals surface area contributed by atoms with Gasteiger partial charge in [0, 0.05) is 17.5 Å². The van der Waals surface area contributed by atoms with Gasteiger partial charge in [-0.15, -0.1) is 16.9 Å². The molecule has 0 spiro atoms. The maximum atomic E-state index is 12.1. The van der Waals surface area contributed by atoms with Gasteiger partial charge in [-0.3, -0.25) is 4.57 Å². The summed E-state index contributed by atoms with van der Waals surface area (Å²) in [5, 5.41) is 4.26. The van der Waals surface area contributed by atoms with Gasteiger partial charge in [0.15, 0.2) is 5.82 Å². The number of halogens is 2. The molecule has 0 unspecified atom stereocenters. The van der Waals surface area contributed by atoms with Crippen molar-refractivity contribution in [2.75, 3.05) is 6.26 Å². The Labute approximate surface area is 125 Å². The molecule has 1 heterocycles. The molecule has 0 saturated heterocycles. The van der Waals surface area contributed by atoms with E-state index in [1.165, 1.54) is 9.25 Å². The van der Waals surface area contributed by atoms with Crippen molar-refractivity contribution in [1.29, 1.82) is 0 Å². The maximum Gasteiger partial charge on any atom is 0.345 e. The fourth-order valence-electron chi connectivity index (χ4n) is 1.99. The second kappa shape index (κ2) is 6.71. The molecule has 0 radical (unpaired) electrons. The number of aromatic nitrogens is 3. The van der Waals surface area contributed by atoms with E-state index < -0.39 is 6.08 Å². The third kappa shape index (κ3) is 3.41. The zero-order valence-electron chi connectivity index (χ0n) is 11.7. The molecule has 0 saturated carbocycles. The van der Waals surface area contributed by atoms with Crippen LogP contribution in [0, 0.1) is 0 Å². The summed E-state index contributed by atoms with van der Waals surface area (Å²) in [5.41, 5.74) is 0.545. The first kappa shape index (κ1) is 15.5. The third-order valence-electron chi connectivity index (χ3n) is 3.03. The van der Waals surface area contributed by atoms with E-state index in [9.17, 15) is 13.6 Å². The molecular weight excluding hydrogens is 296 g/mol. The predicted molar refractivity (Wildman–Crippen MR) is 79.6 cm³/mol. The van der Waals surface area contributed by atoms with E-state index >= 15 is 0 Å². The summed E-state index contributed by atoms with van der Waals surface area (Å²) in [5.74, 6) is 0.537. The molecule has 1 aromatic heterocycles. The van der Waals surface area contributed by atoms with Gasteiger partial charge in [0.2, 0.25) is 0 Å². The first-order chi connectivity index (χ1) is 10.0. The lowest BCUT2D eigenvalue weighted by Gasteiger charge is -2.05. The number of hydrogen-bond acceptors (Lipinski definition) is 3. The van der Waals surface area contributed by atoms with E-state index in [1.807, 2.05) is 30.5 Å². The largest absolute Gasteiger partial charge is 0.345 e. The van der Waals surface area contributed by atoms with E-state index in [1.54, 1.807) is 18.8 Å².